The lowest BCUT2D eigenvalue weighted by molar-refractivity contribution is -0.145. The second-order valence-electron chi connectivity index (χ2n) is 15.4. The molecule has 0 amide bonds. The van der Waals surface area contributed by atoms with Crippen molar-refractivity contribution in [3.8, 4) is 40.2 Å². The van der Waals surface area contributed by atoms with E-state index in [1.807, 2.05) is 27.1 Å². The maximum atomic E-state index is 12.5. The minimum absolute atomic E-state index is 0.176. The van der Waals surface area contributed by atoms with E-state index in [4.69, 9.17) is 51.8 Å². The Morgan fingerprint density at radius 2 is 1.07 bits per heavy atom. The smallest absolute Gasteiger partial charge is 0.344 e. The second kappa shape index (κ2) is 29.5. The summed E-state index contributed by atoms with van der Waals surface area (Å²) >= 11 is 0. The molecule has 0 bridgehead atoms. The van der Waals surface area contributed by atoms with E-state index < -0.39 is 17.9 Å². The number of rotatable bonds is 28. The fourth-order valence-corrected chi connectivity index (χ4v) is 7.04. The quantitative estimate of drug-likeness (QED) is 0.0266. The third-order valence-corrected chi connectivity index (χ3v) is 11.0. The van der Waals surface area contributed by atoms with E-state index >= 15 is 0 Å². The van der Waals surface area contributed by atoms with E-state index in [-0.39, 0.29) is 25.4 Å². The fraction of sp³-hybridized carbons (Fsp3) is 0.520. The molecule has 4 rings (SSSR count). The SMILES string of the molecule is CCOC(=O)COc1ccc2c(C)c(CCN(CC)CC)c(=O)oc2c1.COc1cc(C(=O)OCCCN(C)CCN(C)CCCOC(=O)c2cc(OC)c(OC)c(OC)c2)cc(OC)c1OC. The number of fused-ring (bicyclic) bond motifs is 1. The van der Waals surface area contributed by atoms with Gasteiger partial charge < -0.3 is 66.5 Å². The highest BCUT2D eigenvalue weighted by Gasteiger charge is 2.20. The van der Waals surface area contributed by atoms with Crippen LogP contribution < -0.4 is 38.8 Å². The number of benzene rings is 3. The molecular weight excluding hydrogens is 883 g/mol. The van der Waals surface area contributed by atoms with Crippen molar-refractivity contribution in [2.45, 2.75) is 47.0 Å². The van der Waals surface area contributed by atoms with Gasteiger partial charge in [0.2, 0.25) is 11.5 Å². The van der Waals surface area contributed by atoms with Crippen LogP contribution >= 0.6 is 0 Å². The number of nitrogens with zero attached hydrogens (tertiary/aromatic N) is 3. The largest absolute Gasteiger partial charge is 0.493 e. The van der Waals surface area contributed by atoms with Gasteiger partial charge in [0.25, 0.3) is 0 Å². The molecule has 0 saturated carbocycles. The Balaban J connectivity index is 0.000000402. The zero-order valence-electron chi connectivity index (χ0n) is 41.9. The minimum Gasteiger partial charge on any atom is -0.493 e. The normalized spacial score (nSPS) is 10.9. The van der Waals surface area contributed by atoms with Crippen molar-refractivity contribution in [1.82, 2.24) is 14.7 Å². The van der Waals surface area contributed by atoms with Crippen LogP contribution in [0.25, 0.3) is 11.0 Å². The zero-order valence-corrected chi connectivity index (χ0v) is 41.9. The van der Waals surface area contributed by atoms with Gasteiger partial charge in [0.15, 0.2) is 29.6 Å². The molecule has 3 aromatic carbocycles. The molecule has 4 aromatic rings. The van der Waals surface area contributed by atoms with Gasteiger partial charge in [-0.3, -0.25) is 0 Å². The first-order chi connectivity index (χ1) is 32.7. The van der Waals surface area contributed by atoms with Crippen LogP contribution in [0.3, 0.4) is 0 Å². The number of methoxy groups -OCH3 is 6. The van der Waals surface area contributed by atoms with Crippen molar-refractivity contribution in [3.05, 3.63) is 75.1 Å². The number of esters is 3. The number of carbonyl (C=O) groups excluding carboxylic acids is 3. The van der Waals surface area contributed by atoms with Crippen molar-refractivity contribution in [2.75, 3.05) is 129 Å². The number of hydrogen-bond donors (Lipinski definition) is 0. The van der Waals surface area contributed by atoms with Gasteiger partial charge in [0.05, 0.1) is 73.6 Å². The van der Waals surface area contributed by atoms with Crippen LogP contribution in [-0.4, -0.2) is 162 Å². The van der Waals surface area contributed by atoms with E-state index in [2.05, 4.69) is 28.5 Å². The molecule has 68 heavy (non-hydrogen) atoms. The Kier molecular flexibility index (Phi) is 24.3. The molecule has 1 heterocycles. The lowest BCUT2D eigenvalue weighted by Crippen LogP contribution is -2.32. The number of ether oxygens (including phenoxy) is 10. The Hall–Kier alpha value is -6.24. The summed E-state index contributed by atoms with van der Waals surface area (Å²) in [6.45, 7) is 14.5. The minimum atomic E-state index is -0.456. The topological polar surface area (TPSA) is 183 Å². The summed E-state index contributed by atoms with van der Waals surface area (Å²) in [6.07, 6.45) is 2.04. The molecule has 0 aliphatic rings. The molecule has 0 aliphatic heterocycles. The van der Waals surface area contributed by atoms with Crippen molar-refractivity contribution < 1.29 is 66.2 Å². The van der Waals surface area contributed by atoms with E-state index in [1.165, 1.54) is 42.7 Å². The Bertz CT molecular complexity index is 2140. The summed E-state index contributed by atoms with van der Waals surface area (Å²) in [6, 6.07) is 11.5. The van der Waals surface area contributed by atoms with Gasteiger partial charge in [-0.05, 0) is 102 Å². The van der Waals surface area contributed by atoms with Gasteiger partial charge >= 0.3 is 23.5 Å². The Labute approximate surface area is 400 Å². The predicted octanol–water partition coefficient (Wildman–Crippen LogP) is 6.32. The average molecular weight is 954 g/mol. The predicted molar refractivity (Wildman–Crippen MR) is 258 cm³/mol. The van der Waals surface area contributed by atoms with Gasteiger partial charge in [-0.1, -0.05) is 13.8 Å². The van der Waals surface area contributed by atoms with E-state index in [0.29, 0.717) is 88.4 Å². The van der Waals surface area contributed by atoms with Crippen molar-refractivity contribution in [1.29, 1.82) is 0 Å². The number of aryl methyl sites for hydroxylation is 1. The number of carbonyl (C=O) groups is 3. The maximum absolute atomic E-state index is 12.5. The molecule has 18 nitrogen and oxygen atoms in total. The zero-order chi connectivity index (χ0) is 50.2. The second-order valence-corrected chi connectivity index (χ2v) is 15.4. The summed E-state index contributed by atoms with van der Waals surface area (Å²) in [5, 5.41) is 0.877. The molecule has 0 aliphatic carbocycles. The van der Waals surface area contributed by atoms with E-state index in [0.717, 1.165) is 56.8 Å². The van der Waals surface area contributed by atoms with Gasteiger partial charge in [0.1, 0.15) is 11.3 Å². The summed E-state index contributed by atoms with van der Waals surface area (Å²) in [5.41, 5.74) is 2.44. The first kappa shape index (κ1) is 56.1. The highest BCUT2D eigenvalue weighted by Crippen LogP contribution is 2.39. The molecular formula is C50H71N3O15. The van der Waals surface area contributed by atoms with Crippen LogP contribution in [-0.2, 0) is 25.4 Å². The number of likely N-dealkylation sites (N-methyl/N-ethyl adjacent to an activating group) is 3. The third-order valence-electron chi connectivity index (χ3n) is 11.0. The average Bonchev–Trinajstić information content (AvgIpc) is 3.35. The lowest BCUT2D eigenvalue weighted by atomic mass is 10.0. The van der Waals surface area contributed by atoms with Gasteiger partial charge in [-0.15, -0.1) is 0 Å². The van der Waals surface area contributed by atoms with Gasteiger partial charge in [-0.2, -0.15) is 0 Å². The van der Waals surface area contributed by atoms with Gasteiger partial charge in [-0.25, -0.2) is 19.2 Å². The van der Waals surface area contributed by atoms with Crippen molar-refractivity contribution >= 4 is 28.9 Å². The summed E-state index contributed by atoms with van der Waals surface area (Å²) < 4.78 is 58.4. The highest BCUT2D eigenvalue weighted by atomic mass is 16.6. The van der Waals surface area contributed by atoms with Crippen LogP contribution in [0.2, 0.25) is 0 Å². The van der Waals surface area contributed by atoms with E-state index in [1.54, 1.807) is 43.3 Å². The van der Waals surface area contributed by atoms with Crippen LogP contribution in [0, 0.1) is 6.92 Å². The summed E-state index contributed by atoms with van der Waals surface area (Å²) in [4.78, 5) is 55.5. The molecule has 0 unspecified atom stereocenters. The van der Waals surface area contributed by atoms with Crippen LogP contribution in [0.1, 0.15) is 65.5 Å². The number of hydrogen-bond acceptors (Lipinski definition) is 18. The van der Waals surface area contributed by atoms with Crippen LogP contribution in [0.4, 0.5) is 0 Å². The molecule has 0 radical (unpaired) electrons. The first-order valence-electron chi connectivity index (χ1n) is 22.6. The standard InChI is InChI=1S/C30H44N2O10.C20H27NO5/c1-31(11-9-15-41-29(33)21-17-23(35-3)27(39-7)24(18-21)36-4)13-14-32(2)12-10-16-42-30(34)22-19-25(37-5)28(40-8)26(20-22)38-6;1-5-21(6-2)11-10-17-14(4)16-9-8-15(12-18(16)26-20(17)23)25-13-19(22)24-7-3/h17-20H,9-16H2,1-8H3;8-9,12H,5-7,10-11,13H2,1-4H3. The third kappa shape index (κ3) is 16.8. The molecule has 376 valence electrons. The molecule has 0 atom stereocenters. The van der Waals surface area contributed by atoms with Crippen LogP contribution in [0.5, 0.6) is 40.2 Å². The maximum Gasteiger partial charge on any atom is 0.344 e. The fourth-order valence-electron chi connectivity index (χ4n) is 7.04. The summed E-state index contributed by atoms with van der Waals surface area (Å²) in [7, 11) is 13.0. The highest BCUT2D eigenvalue weighted by molar-refractivity contribution is 5.92. The molecule has 0 N–H and O–H groups in total. The summed E-state index contributed by atoms with van der Waals surface area (Å²) in [5.74, 6) is 1.52. The molecule has 1 aromatic heterocycles. The molecule has 0 spiro atoms. The van der Waals surface area contributed by atoms with Crippen LogP contribution in [0.15, 0.2) is 51.7 Å². The van der Waals surface area contributed by atoms with Crippen molar-refractivity contribution in [3.63, 3.8) is 0 Å². The Morgan fingerprint density at radius 1 is 0.603 bits per heavy atom. The monoisotopic (exact) mass is 953 g/mol. The lowest BCUT2D eigenvalue weighted by Gasteiger charge is -2.22. The van der Waals surface area contributed by atoms with Crippen molar-refractivity contribution in [2.24, 2.45) is 0 Å². The molecule has 0 saturated heterocycles. The Morgan fingerprint density at radius 3 is 1.49 bits per heavy atom. The first-order valence-corrected chi connectivity index (χ1v) is 22.6. The molecule has 0 fully saturated rings. The van der Waals surface area contributed by atoms with E-state index in [9.17, 15) is 19.2 Å². The molecule has 18 heteroatoms. The van der Waals surface area contributed by atoms with Gasteiger partial charge in [0, 0.05) is 49.7 Å².